The van der Waals surface area contributed by atoms with Gasteiger partial charge in [0.25, 0.3) is 5.91 Å². The van der Waals surface area contributed by atoms with Gasteiger partial charge in [0.1, 0.15) is 6.04 Å². The van der Waals surface area contributed by atoms with Gasteiger partial charge in [-0.15, -0.1) is 0 Å². The summed E-state index contributed by atoms with van der Waals surface area (Å²) in [6.45, 7) is 7.34. The number of rotatable bonds is 6. The number of benzene rings is 2. The van der Waals surface area contributed by atoms with Crippen molar-refractivity contribution in [1.82, 2.24) is 19.3 Å². The van der Waals surface area contributed by atoms with E-state index in [2.05, 4.69) is 20.7 Å². The molecule has 0 aliphatic carbocycles. The van der Waals surface area contributed by atoms with Crippen molar-refractivity contribution in [3.05, 3.63) is 92.9 Å². The molecule has 9 nitrogen and oxygen atoms in total. The Morgan fingerprint density at radius 3 is 2.29 bits per heavy atom. The van der Waals surface area contributed by atoms with E-state index in [1.807, 2.05) is 26.8 Å². The van der Waals surface area contributed by atoms with Gasteiger partial charge in [0.2, 0.25) is 5.91 Å². The third-order valence-corrected chi connectivity index (χ3v) is 5.94. The largest absolute Gasteiger partial charge is 0.330 e. The van der Waals surface area contributed by atoms with Gasteiger partial charge in [-0.25, -0.2) is 4.79 Å². The summed E-state index contributed by atoms with van der Waals surface area (Å²) in [7, 11) is 0. The molecule has 1 atom stereocenters. The number of aromatic nitrogens is 4. The summed E-state index contributed by atoms with van der Waals surface area (Å²) in [6.07, 6.45) is 1.62. The van der Waals surface area contributed by atoms with Crippen molar-refractivity contribution in [2.24, 2.45) is 0 Å². The van der Waals surface area contributed by atoms with Crippen LogP contribution in [0.4, 0.5) is 11.4 Å². The summed E-state index contributed by atoms with van der Waals surface area (Å²) in [6, 6.07) is 12.9. The Bertz CT molecular complexity index is 1470. The summed E-state index contributed by atoms with van der Waals surface area (Å²) in [4.78, 5) is 40.0. The van der Waals surface area contributed by atoms with E-state index in [0.717, 1.165) is 17.1 Å². The fourth-order valence-corrected chi connectivity index (χ4v) is 4.05. The molecule has 0 saturated heterocycles. The maximum absolute atomic E-state index is 12.7. The van der Waals surface area contributed by atoms with Crippen molar-refractivity contribution < 1.29 is 9.59 Å². The highest BCUT2D eigenvalue weighted by Crippen LogP contribution is 2.27. The van der Waals surface area contributed by atoms with E-state index in [9.17, 15) is 14.4 Å². The molecule has 180 valence electrons. The van der Waals surface area contributed by atoms with Crippen LogP contribution in [0.5, 0.6) is 0 Å². The second-order valence-corrected chi connectivity index (χ2v) is 8.71. The lowest BCUT2D eigenvalue weighted by atomic mass is 10.1. The van der Waals surface area contributed by atoms with E-state index in [1.54, 1.807) is 60.3 Å². The minimum Gasteiger partial charge on any atom is -0.323 e. The van der Waals surface area contributed by atoms with Gasteiger partial charge in [0.05, 0.1) is 22.1 Å². The number of carbonyl (C=O) groups excluding carboxylic acids is 2. The number of halogens is 1. The number of nitrogens with zero attached hydrogens (tertiary/aromatic N) is 3. The standard InChI is InChI=1S/C25H25ClN6O3/c1-14-11-15(2)32(30-14)17(4)23(33)29-22-10-7-19(12-21(22)26)28-24(34)18-5-8-20(9-6-18)31-16(3)13-27-25(31)35/h5-13,17H,1-4H3,(H,27,35)(H,28,34)(H,29,33). The van der Waals surface area contributed by atoms with Gasteiger partial charge in [0, 0.05) is 28.8 Å². The van der Waals surface area contributed by atoms with Crippen molar-refractivity contribution in [2.75, 3.05) is 10.6 Å². The van der Waals surface area contributed by atoms with Crippen molar-refractivity contribution in [3.8, 4) is 5.69 Å². The zero-order valence-electron chi connectivity index (χ0n) is 19.7. The van der Waals surface area contributed by atoms with Crippen LogP contribution in [0.1, 0.15) is 40.4 Å². The lowest BCUT2D eigenvalue weighted by Gasteiger charge is -2.16. The average molecular weight is 493 g/mol. The highest BCUT2D eigenvalue weighted by atomic mass is 35.5. The maximum Gasteiger partial charge on any atom is 0.330 e. The number of carbonyl (C=O) groups is 2. The highest BCUT2D eigenvalue weighted by Gasteiger charge is 2.19. The molecule has 0 saturated carbocycles. The number of amides is 2. The SMILES string of the molecule is Cc1cc(C)n(C(C)C(=O)Nc2ccc(NC(=O)c3ccc(-n4c(C)c[nH]c4=O)cc3)cc2Cl)n1. The molecular formula is C25H25ClN6O3. The molecule has 3 N–H and O–H groups in total. The number of hydrogen-bond donors (Lipinski definition) is 3. The Hall–Kier alpha value is -4.11. The fourth-order valence-electron chi connectivity index (χ4n) is 3.82. The first-order valence-corrected chi connectivity index (χ1v) is 11.3. The summed E-state index contributed by atoms with van der Waals surface area (Å²) in [5.74, 6) is -0.590. The zero-order chi connectivity index (χ0) is 25.3. The van der Waals surface area contributed by atoms with Crippen molar-refractivity contribution in [3.63, 3.8) is 0 Å². The Morgan fingerprint density at radius 2 is 1.71 bits per heavy atom. The van der Waals surface area contributed by atoms with Crippen LogP contribution >= 0.6 is 11.6 Å². The Morgan fingerprint density at radius 1 is 1.00 bits per heavy atom. The molecule has 2 amide bonds. The molecular weight excluding hydrogens is 468 g/mol. The summed E-state index contributed by atoms with van der Waals surface area (Å²) in [5, 5.41) is 10.2. The lowest BCUT2D eigenvalue weighted by molar-refractivity contribution is -0.119. The van der Waals surface area contributed by atoms with Gasteiger partial charge in [-0.05, 0) is 76.2 Å². The smallest absolute Gasteiger partial charge is 0.323 e. The monoisotopic (exact) mass is 492 g/mol. The molecule has 2 aromatic carbocycles. The summed E-state index contributed by atoms with van der Waals surface area (Å²) >= 11 is 6.37. The average Bonchev–Trinajstić information content (AvgIpc) is 3.34. The minimum atomic E-state index is -0.520. The van der Waals surface area contributed by atoms with E-state index in [4.69, 9.17) is 11.6 Å². The Labute approximate surface area is 206 Å². The normalized spacial score (nSPS) is 11.8. The third-order valence-electron chi connectivity index (χ3n) is 5.62. The van der Waals surface area contributed by atoms with Gasteiger partial charge in [0.15, 0.2) is 0 Å². The van der Waals surface area contributed by atoms with E-state index in [0.29, 0.717) is 22.6 Å². The first-order valence-electron chi connectivity index (χ1n) is 11.0. The molecule has 2 heterocycles. The van der Waals surface area contributed by atoms with E-state index in [-0.39, 0.29) is 22.5 Å². The molecule has 0 bridgehead atoms. The lowest BCUT2D eigenvalue weighted by Crippen LogP contribution is -2.25. The second kappa shape index (κ2) is 9.63. The number of aryl methyl sites for hydroxylation is 3. The van der Waals surface area contributed by atoms with Gasteiger partial charge < -0.3 is 15.6 Å². The fraction of sp³-hybridized carbons (Fsp3) is 0.200. The molecule has 0 fully saturated rings. The van der Waals surface area contributed by atoms with E-state index < -0.39 is 6.04 Å². The molecule has 0 spiro atoms. The van der Waals surface area contributed by atoms with Crippen LogP contribution in [0.15, 0.2) is 59.5 Å². The molecule has 1 unspecified atom stereocenters. The van der Waals surface area contributed by atoms with Gasteiger partial charge in [-0.3, -0.25) is 18.8 Å². The number of imidazole rings is 1. The van der Waals surface area contributed by atoms with Gasteiger partial charge in [-0.1, -0.05) is 11.6 Å². The molecule has 0 radical (unpaired) electrons. The number of anilines is 2. The van der Waals surface area contributed by atoms with Crippen LogP contribution in [0, 0.1) is 20.8 Å². The van der Waals surface area contributed by atoms with Crippen LogP contribution in [0.3, 0.4) is 0 Å². The van der Waals surface area contributed by atoms with Gasteiger partial charge in [-0.2, -0.15) is 5.10 Å². The number of nitrogens with one attached hydrogen (secondary N) is 3. The van der Waals surface area contributed by atoms with Crippen molar-refractivity contribution in [1.29, 1.82) is 0 Å². The summed E-state index contributed by atoms with van der Waals surface area (Å²) < 4.78 is 3.18. The summed E-state index contributed by atoms with van der Waals surface area (Å²) in [5.41, 5.74) is 4.22. The molecule has 4 rings (SSSR count). The molecule has 0 aliphatic heterocycles. The molecule has 35 heavy (non-hydrogen) atoms. The minimum absolute atomic E-state index is 0.245. The van der Waals surface area contributed by atoms with Gasteiger partial charge >= 0.3 is 5.69 Å². The molecule has 4 aromatic rings. The molecule has 0 aliphatic rings. The van der Waals surface area contributed by atoms with Crippen LogP contribution in [-0.2, 0) is 4.79 Å². The van der Waals surface area contributed by atoms with Crippen molar-refractivity contribution >= 4 is 34.8 Å². The highest BCUT2D eigenvalue weighted by molar-refractivity contribution is 6.34. The topological polar surface area (TPSA) is 114 Å². The Balaban J connectivity index is 1.43. The number of aromatic amines is 1. The second-order valence-electron chi connectivity index (χ2n) is 8.30. The number of H-pyrrole nitrogens is 1. The molecule has 2 aromatic heterocycles. The third kappa shape index (κ3) is 5.04. The Kier molecular flexibility index (Phi) is 6.61. The van der Waals surface area contributed by atoms with E-state index in [1.165, 1.54) is 4.57 Å². The van der Waals surface area contributed by atoms with Crippen LogP contribution < -0.4 is 16.3 Å². The number of hydrogen-bond acceptors (Lipinski definition) is 4. The molecule has 10 heteroatoms. The predicted molar refractivity (Wildman–Crippen MR) is 136 cm³/mol. The first kappa shape index (κ1) is 24.0. The predicted octanol–water partition coefficient (Wildman–Crippen LogP) is 4.39. The quantitative estimate of drug-likeness (QED) is 0.370. The van der Waals surface area contributed by atoms with E-state index >= 15 is 0 Å². The van der Waals surface area contributed by atoms with Crippen LogP contribution in [-0.4, -0.2) is 31.1 Å². The van der Waals surface area contributed by atoms with Crippen LogP contribution in [0.25, 0.3) is 5.69 Å². The first-order chi connectivity index (χ1) is 16.6. The van der Waals surface area contributed by atoms with Crippen molar-refractivity contribution in [2.45, 2.75) is 33.7 Å². The van der Waals surface area contributed by atoms with Crippen LogP contribution in [0.2, 0.25) is 5.02 Å². The maximum atomic E-state index is 12.7. The zero-order valence-corrected chi connectivity index (χ0v) is 20.5.